The number of halogens is 2. The second kappa shape index (κ2) is 7.38. The quantitative estimate of drug-likeness (QED) is 0.783. The van der Waals surface area contributed by atoms with E-state index in [9.17, 15) is 0 Å². The zero-order valence-electron chi connectivity index (χ0n) is 12.0. The molecule has 0 radical (unpaired) electrons. The van der Waals surface area contributed by atoms with Crippen LogP contribution in [0.5, 0.6) is 5.75 Å². The summed E-state index contributed by atoms with van der Waals surface area (Å²) in [6.45, 7) is 2.46. The summed E-state index contributed by atoms with van der Waals surface area (Å²) in [7, 11) is 1.83. The molecule has 1 atom stereocenters. The van der Waals surface area contributed by atoms with E-state index in [1.54, 1.807) is 4.68 Å². The largest absolute Gasteiger partial charge is 0.485 e. The number of nitrogens with two attached hydrogens (primary N) is 1. The van der Waals surface area contributed by atoms with Gasteiger partial charge in [0.15, 0.2) is 0 Å². The molecule has 0 fully saturated rings. The molecule has 0 aliphatic rings. The predicted octanol–water partition coefficient (Wildman–Crippen LogP) is 3.20. The number of ether oxygens (including phenoxy) is 1. The topological polar surface area (TPSA) is 66.0 Å². The average Bonchev–Trinajstić information content (AvgIpc) is 2.83. The molecule has 5 nitrogen and oxygen atoms in total. The fourth-order valence-corrected chi connectivity index (χ4v) is 3.43. The first-order valence-corrected chi connectivity index (χ1v) is 8.29. The number of nitrogens with zero attached hydrogens (tertiary/aromatic N) is 3. The number of aromatic nitrogens is 3. The molecule has 0 aliphatic carbocycles. The van der Waals surface area contributed by atoms with E-state index in [4.69, 9.17) is 10.5 Å². The van der Waals surface area contributed by atoms with Crippen molar-refractivity contribution in [2.24, 2.45) is 12.8 Å². The highest BCUT2D eigenvalue weighted by Gasteiger charge is 2.12. The van der Waals surface area contributed by atoms with Gasteiger partial charge in [0.05, 0.1) is 15.1 Å². The highest BCUT2D eigenvalue weighted by Crippen LogP contribution is 2.35. The minimum absolute atomic E-state index is 0.176. The molecule has 0 bridgehead atoms. The molecule has 2 rings (SSSR count). The zero-order valence-corrected chi connectivity index (χ0v) is 15.2. The minimum atomic E-state index is 0.176. The van der Waals surface area contributed by atoms with Gasteiger partial charge >= 0.3 is 0 Å². The van der Waals surface area contributed by atoms with Crippen LogP contribution in [0.15, 0.2) is 27.3 Å². The van der Waals surface area contributed by atoms with Crippen LogP contribution in [-0.4, -0.2) is 21.0 Å². The Morgan fingerprint density at radius 1 is 1.33 bits per heavy atom. The van der Waals surface area contributed by atoms with Crippen LogP contribution in [0.1, 0.15) is 24.6 Å². The van der Waals surface area contributed by atoms with Crippen LogP contribution in [0.4, 0.5) is 0 Å². The van der Waals surface area contributed by atoms with E-state index in [2.05, 4.69) is 49.1 Å². The van der Waals surface area contributed by atoms with E-state index in [0.29, 0.717) is 6.61 Å². The van der Waals surface area contributed by atoms with Gasteiger partial charge in [0.1, 0.15) is 18.1 Å². The standard InChI is InChI=1S/C14H18Br2N4O/c1-3-10(17)4-9-5-12(15)14(13(16)6-9)21-8-11-7-20(2)19-18-11/h5-7,10H,3-4,8,17H2,1-2H3. The third-order valence-electron chi connectivity index (χ3n) is 3.09. The summed E-state index contributed by atoms with van der Waals surface area (Å²) in [5, 5.41) is 7.88. The minimum Gasteiger partial charge on any atom is -0.485 e. The lowest BCUT2D eigenvalue weighted by Crippen LogP contribution is -2.21. The van der Waals surface area contributed by atoms with E-state index in [1.807, 2.05) is 25.4 Å². The molecular formula is C14H18Br2N4O. The van der Waals surface area contributed by atoms with Crippen LogP contribution in [0.25, 0.3) is 0 Å². The Hall–Kier alpha value is -0.920. The van der Waals surface area contributed by atoms with E-state index in [1.165, 1.54) is 5.56 Å². The molecule has 2 aromatic rings. The lowest BCUT2D eigenvalue weighted by Gasteiger charge is -2.13. The van der Waals surface area contributed by atoms with Crippen molar-refractivity contribution in [3.05, 3.63) is 38.5 Å². The van der Waals surface area contributed by atoms with Gasteiger partial charge in [-0.2, -0.15) is 0 Å². The van der Waals surface area contributed by atoms with E-state index < -0.39 is 0 Å². The Labute approximate surface area is 141 Å². The van der Waals surface area contributed by atoms with Crippen molar-refractivity contribution in [3.8, 4) is 5.75 Å². The normalized spacial score (nSPS) is 12.4. The van der Waals surface area contributed by atoms with Crippen molar-refractivity contribution in [3.63, 3.8) is 0 Å². The number of benzene rings is 1. The monoisotopic (exact) mass is 416 g/mol. The molecule has 1 aromatic heterocycles. The smallest absolute Gasteiger partial charge is 0.148 e. The summed E-state index contributed by atoms with van der Waals surface area (Å²) in [5.41, 5.74) is 7.96. The van der Waals surface area contributed by atoms with Crippen LogP contribution >= 0.6 is 31.9 Å². The summed E-state index contributed by atoms with van der Waals surface area (Å²) >= 11 is 7.10. The van der Waals surface area contributed by atoms with Gasteiger partial charge in [0.2, 0.25) is 0 Å². The summed E-state index contributed by atoms with van der Waals surface area (Å²) < 4.78 is 9.27. The van der Waals surface area contributed by atoms with Crippen molar-refractivity contribution in [1.29, 1.82) is 0 Å². The van der Waals surface area contributed by atoms with Crippen molar-refractivity contribution >= 4 is 31.9 Å². The fraction of sp³-hybridized carbons (Fsp3) is 0.429. The Balaban J connectivity index is 2.09. The average molecular weight is 418 g/mol. The van der Waals surface area contributed by atoms with Gasteiger partial charge in [-0.1, -0.05) is 12.1 Å². The third-order valence-corrected chi connectivity index (χ3v) is 4.27. The Morgan fingerprint density at radius 3 is 2.52 bits per heavy atom. The fourth-order valence-electron chi connectivity index (χ4n) is 1.92. The van der Waals surface area contributed by atoms with Gasteiger partial charge < -0.3 is 10.5 Å². The summed E-state index contributed by atoms with van der Waals surface area (Å²) in [6.07, 6.45) is 3.63. The number of aryl methyl sites for hydroxylation is 1. The van der Waals surface area contributed by atoms with Crippen molar-refractivity contribution in [2.75, 3.05) is 0 Å². The first-order chi connectivity index (χ1) is 9.99. The lowest BCUT2D eigenvalue weighted by atomic mass is 10.0. The maximum absolute atomic E-state index is 6.00. The molecule has 0 saturated heterocycles. The Morgan fingerprint density at radius 2 is 2.00 bits per heavy atom. The number of hydrogen-bond acceptors (Lipinski definition) is 4. The van der Waals surface area contributed by atoms with Gasteiger partial charge in [-0.05, 0) is 62.4 Å². The predicted molar refractivity (Wildman–Crippen MR) is 89.1 cm³/mol. The first kappa shape index (κ1) is 16.5. The van der Waals surface area contributed by atoms with Crippen molar-refractivity contribution < 1.29 is 4.74 Å². The maximum atomic E-state index is 6.00. The molecule has 7 heteroatoms. The molecule has 1 heterocycles. The van der Waals surface area contributed by atoms with Crippen LogP contribution in [0, 0.1) is 0 Å². The third kappa shape index (κ3) is 4.52. The maximum Gasteiger partial charge on any atom is 0.148 e. The zero-order chi connectivity index (χ0) is 15.4. The Kier molecular flexibility index (Phi) is 5.78. The van der Waals surface area contributed by atoms with E-state index in [-0.39, 0.29) is 6.04 Å². The van der Waals surface area contributed by atoms with Crippen LogP contribution < -0.4 is 10.5 Å². The van der Waals surface area contributed by atoms with Gasteiger partial charge in [-0.25, -0.2) is 0 Å². The molecular weight excluding hydrogens is 400 g/mol. The van der Waals surface area contributed by atoms with Crippen LogP contribution in [0.2, 0.25) is 0 Å². The second-order valence-electron chi connectivity index (χ2n) is 4.93. The number of hydrogen-bond donors (Lipinski definition) is 1. The highest BCUT2D eigenvalue weighted by molar-refractivity contribution is 9.11. The lowest BCUT2D eigenvalue weighted by molar-refractivity contribution is 0.297. The second-order valence-corrected chi connectivity index (χ2v) is 6.64. The summed E-state index contributed by atoms with van der Waals surface area (Å²) in [5.74, 6) is 0.759. The van der Waals surface area contributed by atoms with E-state index in [0.717, 1.165) is 33.2 Å². The molecule has 0 spiro atoms. The SMILES string of the molecule is CCC(N)Cc1cc(Br)c(OCc2cn(C)nn2)c(Br)c1. The van der Waals surface area contributed by atoms with Gasteiger partial charge in [0, 0.05) is 13.1 Å². The molecule has 1 unspecified atom stereocenters. The first-order valence-electron chi connectivity index (χ1n) is 6.71. The molecule has 1 aromatic carbocycles. The van der Waals surface area contributed by atoms with E-state index >= 15 is 0 Å². The van der Waals surface area contributed by atoms with Crippen LogP contribution in [-0.2, 0) is 20.1 Å². The van der Waals surface area contributed by atoms with Gasteiger partial charge in [0.25, 0.3) is 0 Å². The van der Waals surface area contributed by atoms with Crippen LogP contribution in [0.3, 0.4) is 0 Å². The molecule has 0 saturated carbocycles. The summed E-state index contributed by atoms with van der Waals surface area (Å²) in [6, 6.07) is 4.27. The highest BCUT2D eigenvalue weighted by atomic mass is 79.9. The van der Waals surface area contributed by atoms with Gasteiger partial charge in [-0.3, -0.25) is 4.68 Å². The molecule has 0 amide bonds. The molecule has 114 valence electrons. The number of rotatable bonds is 6. The van der Waals surface area contributed by atoms with Crippen molar-refractivity contribution in [1.82, 2.24) is 15.0 Å². The molecule has 21 heavy (non-hydrogen) atoms. The molecule has 2 N–H and O–H groups in total. The Bertz CT molecular complexity index is 592. The summed E-state index contributed by atoms with van der Waals surface area (Å²) in [4.78, 5) is 0. The van der Waals surface area contributed by atoms with Crippen molar-refractivity contribution in [2.45, 2.75) is 32.4 Å². The van der Waals surface area contributed by atoms with Gasteiger partial charge in [-0.15, -0.1) is 5.10 Å². The molecule has 0 aliphatic heterocycles.